The van der Waals surface area contributed by atoms with E-state index in [4.69, 9.17) is 4.74 Å². The van der Waals surface area contributed by atoms with Crippen molar-refractivity contribution >= 4 is 0 Å². The van der Waals surface area contributed by atoms with Crippen LogP contribution in [0.5, 0.6) is 0 Å². The fourth-order valence-corrected chi connectivity index (χ4v) is 12.0. The van der Waals surface area contributed by atoms with Crippen LogP contribution in [0.1, 0.15) is 113 Å². The molecule has 2 heteroatoms. The van der Waals surface area contributed by atoms with Crippen LogP contribution < -0.4 is 0 Å². The van der Waals surface area contributed by atoms with E-state index in [2.05, 4.69) is 48.5 Å². The molecule has 0 spiro atoms. The minimum absolute atomic E-state index is 0.0586. The van der Waals surface area contributed by atoms with Crippen LogP contribution in [0.15, 0.2) is 0 Å². The smallest absolute Gasteiger partial charge is 0.0663 e. The normalized spacial score (nSPS) is 60.0. The molecule has 1 heterocycles. The molecule has 0 amide bonds. The van der Waals surface area contributed by atoms with E-state index in [1.54, 1.807) is 0 Å². The molecule has 5 aliphatic carbocycles. The van der Waals surface area contributed by atoms with Gasteiger partial charge in [-0.25, -0.2) is 0 Å². The summed E-state index contributed by atoms with van der Waals surface area (Å²) in [5.74, 6) is 3.11. The lowest BCUT2D eigenvalue weighted by atomic mass is 9.31. The monoisotopic (exact) mass is 442 g/mol. The second-order valence-electron chi connectivity index (χ2n) is 15.7. The average molecular weight is 443 g/mol. The molecule has 2 unspecified atom stereocenters. The fraction of sp³-hybridized carbons (Fsp3) is 1.00. The second-order valence-corrected chi connectivity index (χ2v) is 15.7. The Morgan fingerprint density at radius 2 is 1.41 bits per heavy atom. The Morgan fingerprint density at radius 3 is 2.16 bits per heavy atom. The van der Waals surface area contributed by atoms with Gasteiger partial charge in [0.2, 0.25) is 0 Å². The zero-order valence-electron chi connectivity index (χ0n) is 22.1. The Morgan fingerprint density at radius 1 is 0.688 bits per heavy atom. The molecule has 0 aromatic rings. The van der Waals surface area contributed by atoms with Crippen LogP contribution in [0, 0.1) is 56.2 Å². The van der Waals surface area contributed by atoms with Crippen molar-refractivity contribution in [3.8, 4) is 0 Å². The van der Waals surface area contributed by atoms with Crippen molar-refractivity contribution in [3.63, 3.8) is 0 Å². The predicted octanol–water partition coefficient (Wildman–Crippen LogP) is 7.24. The van der Waals surface area contributed by atoms with Gasteiger partial charge in [-0.15, -0.1) is 0 Å². The Hall–Kier alpha value is -0.0800. The van der Waals surface area contributed by atoms with Gasteiger partial charge in [-0.3, -0.25) is 0 Å². The lowest BCUT2D eigenvalue weighted by Gasteiger charge is -2.73. The summed E-state index contributed by atoms with van der Waals surface area (Å²) in [7, 11) is 0. The summed E-state index contributed by atoms with van der Waals surface area (Å²) in [4.78, 5) is 0. The zero-order chi connectivity index (χ0) is 22.9. The minimum atomic E-state index is -0.122. The number of aliphatic hydroxyl groups excluding tert-OH is 1. The van der Waals surface area contributed by atoms with Crippen molar-refractivity contribution < 1.29 is 9.84 Å². The zero-order valence-corrected chi connectivity index (χ0v) is 22.1. The van der Waals surface area contributed by atoms with E-state index in [9.17, 15) is 5.11 Å². The van der Waals surface area contributed by atoms with Gasteiger partial charge in [0.05, 0.1) is 18.8 Å². The Bertz CT molecular complexity index is 801. The topological polar surface area (TPSA) is 29.5 Å². The van der Waals surface area contributed by atoms with E-state index in [1.165, 1.54) is 57.8 Å². The van der Waals surface area contributed by atoms with Crippen molar-refractivity contribution in [2.24, 2.45) is 56.2 Å². The van der Waals surface area contributed by atoms with Gasteiger partial charge in [0.25, 0.3) is 0 Å². The molecule has 0 radical (unpaired) electrons. The molecule has 0 aromatic carbocycles. The summed E-state index contributed by atoms with van der Waals surface area (Å²) < 4.78 is 6.71. The van der Waals surface area contributed by atoms with Crippen molar-refractivity contribution in [2.75, 3.05) is 6.61 Å². The molecule has 2 bridgehead atoms. The van der Waals surface area contributed by atoms with Crippen LogP contribution >= 0.6 is 0 Å². The summed E-state index contributed by atoms with van der Waals surface area (Å²) in [5, 5.41) is 10.9. The maximum Gasteiger partial charge on any atom is 0.0663 e. The van der Waals surface area contributed by atoms with Crippen LogP contribution in [0.4, 0.5) is 0 Å². The van der Waals surface area contributed by atoms with E-state index in [-0.39, 0.29) is 11.5 Å². The number of fused-ring (bicyclic) bond motifs is 5. The molecule has 6 fully saturated rings. The van der Waals surface area contributed by atoms with E-state index in [0.717, 1.165) is 30.8 Å². The van der Waals surface area contributed by atoms with Gasteiger partial charge in [0.15, 0.2) is 0 Å². The van der Waals surface area contributed by atoms with Crippen molar-refractivity contribution in [1.29, 1.82) is 0 Å². The third kappa shape index (κ3) is 2.41. The first-order valence-corrected chi connectivity index (χ1v) is 14.1. The number of aliphatic hydroxyl groups is 1. The molecule has 182 valence electrons. The first-order valence-electron chi connectivity index (χ1n) is 14.1. The summed E-state index contributed by atoms with van der Waals surface area (Å²) in [6.45, 7) is 18.9. The van der Waals surface area contributed by atoms with Crippen molar-refractivity contribution in [1.82, 2.24) is 0 Å². The minimum Gasteiger partial charge on any atom is -0.393 e. The largest absolute Gasteiger partial charge is 0.393 e. The van der Waals surface area contributed by atoms with E-state index < -0.39 is 0 Å². The summed E-state index contributed by atoms with van der Waals surface area (Å²) in [5.41, 5.74) is 2.16. The van der Waals surface area contributed by atoms with Gasteiger partial charge in [-0.2, -0.15) is 0 Å². The molecular weight excluding hydrogens is 392 g/mol. The molecule has 1 aliphatic heterocycles. The Balaban J connectivity index is 1.39. The molecule has 32 heavy (non-hydrogen) atoms. The molecule has 5 saturated carbocycles. The second kappa shape index (κ2) is 6.37. The highest BCUT2D eigenvalue weighted by Crippen LogP contribution is 2.78. The first kappa shape index (κ1) is 22.4. The van der Waals surface area contributed by atoms with Gasteiger partial charge in [-0.1, -0.05) is 48.5 Å². The van der Waals surface area contributed by atoms with Crippen molar-refractivity contribution in [3.05, 3.63) is 0 Å². The van der Waals surface area contributed by atoms with Crippen LogP contribution in [0.25, 0.3) is 0 Å². The number of ether oxygens (including phenoxy) is 1. The molecule has 2 nitrogen and oxygen atoms in total. The van der Waals surface area contributed by atoms with Gasteiger partial charge >= 0.3 is 0 Å². The Labute approximate surface area is 197 Å². The van der Waals surface area contributed by atoms with E-state index in [0.29, 0.717) is 39.1 Å². The standard InChI is InChI=1S/C30H50O2/c1-25(2)14-16-30-17-15-28(6)19(23(30)24(25)32-18-30)8-9-21-27(5)12-11-22(31)26(3,4)20(27)10-13-29(21,28)7/h19-24,31H,8-18H2,1-7H3/t19-,20?,21?,22+,23+,24-,27+,28-,29-,30-/m1/s1. The highest BCUT2D eigenvalue weighted by Gasteiger charge is 2.72. The highest BCUT2D eigenvalue weighted by atomic mass is 16.5. The molecule has 6 aliphatic rings. The average Bonchev–Trinajstić information content (AvgIpc) is 3.05. The maximum atomic E-state index is 10.9. The van der Waals surface area contributed by atoms with E-state index in [1.807, 2.05) is 0 Å². The number of hydrogen-bond donors (Lipinski definition) is 1. The predicted molar refractivity (Wildman–Crippen MR) is 130 cm³/mol. The molecule has 10 atom stereocenters. The van der Waals surface area contributed by atoms with Gasteiger partial charge in [0, 0.05) is 0 Å². The summed E-state index contributed by atoms with van der Waals surface area (Å²) in [6.07, 6.45) is 13.7. The van der Waals surface area contributed by atoms with Gasteiger partial charge in [-0.05, 0) is 120 Å². The van der Waals surface area contributed by atoms with Gasteiger partial charge in [0.1, 0.15) is 0 Å². The third-order valence-electron chi connectivity index (χ3n) is 14.1. The number of rotatable bonds is 0. The lowest BCUT2D eigenvalue weighted by Crippen LogP contribution is -2.67. The molecule has 1 saturated heterocycles. The van der Waals surface area contributed by atoms with E-state index >= 15 is 0 Å². The van der Waals surface area contributed by atoms with Crippen LogP contribution in [-0.2, 0) is 4.74 Å². The quantitative estimate of drug-likeness (QED) is 0.428. The first-order chi connectivity index (χ1) is 14.8. The Kier molecular flexibility index (Phi) is 4.46. The maximum absolute atomic E-state index is 10.9. The lowest BCUT2D eigenvalue weighted by molar-refractivity contribution is -0.252. The van der Waals surface area contributed by atoms with Crippen LogP contribution in [-0.4, -0.2) is 23.9 Å². The number of hydrogen-bond acceptors (Lipinski definition) is 2. The highest BCUT2D eigenvalue weighted by molar-refractivity contribution is 5.21. The molecule has 1 N–H and O–H groups in total. The van der Waals surface area contributed by atoms with Crippen LogP contribution in [0.2, 0.25) is 0 Å². The summed E-state index contributed by atoms with van der Waals surface area (Å²) in [6, 6.07) is 0. The fourth-order valence-electron chi connectivity index (χ4n) is 12.0. The molecular formula is C30H50O2. The SMILES string of the molecule is CC1(C)CC[C@]23CC[C@]4(C)[C@H](CCC5[C@@]6(C)CC[C@H](O)C(C)(C)C6CC[C@]54C)[C@H]2[C@H]1OC3. The molecule has 6 rings (SSSR count). The summed E-state index contributed by atoms with van der Waals surface area (Å²) >= 11 is 0. The van der Waals surface area contributed by atoms with Crippen molar-refractivity contribution in [2.45, 2.75) is 125 Å². The third-order valence-corrected chi connectivity index (χ3v) is 14.1. The van der Waals surface area contributed by atoms with Crippen LogP contribution in [0.3, 0.4) is 0 Å². The molecule has 0 aromatic heterocycles. The van der Waals surface area contributed by atoms with Gasteiger partial charge < -0.3 is 9.84 Å².